The molecule has 0 bridgehead atoms. The van der Waals surface area contributed by atoms with Crippen molar-refractivity contribution in [2.24, 2.45) is 0 Å². The average Bonchev–Trinajstić information content (AvgIpc) is 3.07. The van der Waals surface area contributed by atoms with E-state index in [9.17, 15) is 14.7 Å². The van der Waals surface area contributed by atoms with E-state index >= 15 is 0 Å². The van der Waals surface area contributed by atoms with Crippen LogP contribution in [0.2, 0.25) is 0 Å². The van der Waals surface area contributed by atoms with E-state index in [0.29, 0.717) is 18.5 Å². The maximum Gasteiger partial charge on any atom is 0.338 e. The van der Waals surface area contributed by atoms with Crippen molar-refractivity contribution in [1.82, 2.24) is 9.55 Å². The zero-order chi connectivity index (χ0) is 20.2. The summed E-state index contributed by atoms with van der Waals surface area (Å²) >= 11 is 0. The fourth-order valence-electron chi connectivity index (χ4n) is 3.25. The minimum atomic E-state index is -0.395. The Hall–Kier alpha value is -3.80. The maximum atomic E-state index is 12.2. The molecular weight excluding hydrogens is 368 g/mol. The van der Waals surface area contributed by atoms with Crippen molar-refractivity contribution in [3.63, 3.8) is 0 Å². The second-order valence-electron chi connectivity index (χ2n) is 6.71. The minimum absolute atomic E-state index is 0.164. The Morgan fingerprint density at radius 2 is 1.59 bits per heavy atom. The van der Waals surface area contributed by atoms with Gasteiger partial charge >= 0.3 is 11.7 Å². The highest BCUT2D eigenvalue weighted by Crippen LogP contribution is 2.22. The van der Waals surface area contributed by atoms with Gasteiger partial charge in [0.2, 0.25) is 0 Å². The number of aromatic hydroxyl groups is 1. The second kappa shape index (κ2) is 8.06. The van der Waals surface area contributed by atoms with Crippen LogP contribution in [0.15, 0.2) is 77.6 Å². The first kappa shape index (κ1) is 18.6. The van der Waals surface area contributed by atoms with E-state index in [4.69, 9.17) is 4.74 Å². The first-order chi connectivity index (χ1) is 14.1. The number of nitrogens with zero attached hydrogens (tertiary/aromatic N) is 1. The first-order valence-electron chi connectivity index (χ1n) is 9.36. The molecular formula is C23H20N2O4. The first-order valence-corrected chi connectivity index (χ1v) is 9.36. The Morgan fingerprint density at radius 3 is 2.31 bits per heavy atom. The number of imidazole rings is 1. The highest BCUT2D eigenvalue weighted by molar-refractivity contribution is 5.90. The van der Waals surface area contributed by atoms with Gasteiger partial charge in [-0.05, 0) is 53.9 Å². The Labute approximate surface area is 167 Å². The van der Waals surface area contributed by atoms with Crippen LogP contribution in [0.25, 0.3) is 22.2 Å². The number of carbonyl (C=O) groups is 1. The van der Waals surface area contributed by atoms with Crippen LogP contribution in [0.5, 0.6) is 5.75 Å². The average molecular weight is 388 g/mol. The molecule has 4 rings (SSSR count). The molecule has 0 saturated carbocycles. The van der Waals surface area contributed by atoms with Gasteiger partial charge in [-0.2, -0.15) is 0 Å². The fourth-order valence-corrected chi connectivity index (χ4v) is 3.25. The van der Waals surface area contributed by atoms with Crippen LogP contribution >= 0.6 is 0 Å². The number of aromatic amines is 1. The summed E-state index contributed by atoms with van der Waals surface area (Å²) in [7, 11) is 0. The largest absolute Gasteiger partial charge is 0.508 e. The number of ether oxygens (including phenoxy) is 1. The molecule has 29 heavy (non-hydrogen) atoms. The van der Waals surface area contributed by atoms with Gasteiger partial charge in [0.1, 0.15) is 5.75 Å². The molecule has 0 radical (unpaired) electrons. The standard InChI is InChI=1S/C23H20N2O4/c26-19-12-10-17(11-13-19)16-6-8-18(9-7-16)22(27)29-15-3-14-25-21-5-2-1-4-20(21)24-23(25)28/h1-2,4-13,26H,3,14-15H2,(H,24,28). The zero-order valence-corrected chi connectivity index (χ0v) is 15.7. The molecule has 6 nitrogen and oxygen atoms in total. The van der Waals surface area contributed by atoms with Crippen LogP contribution in [0.1, 0.15) is 16.8 Å². The number of benzene rings is 3. The monoisotopic (exact) mass is 388 g/mol. The van der Waals surface area contributed by atoms with Gasteiger partial charge in [-0.15, -0.1) is 0 Å². The molecule has 2 N–H and O–H groups in total. The van der Waals surface area contributed by atoms with Gasteiger partial charge in [0, 0.05) is 6.54 Å². The number of para-hydroxylation sites is 2. The third kappa shape index (κ3) is 4.06. The van der Waals surface area contributed by atoms with E-state index in [-0.39, 0.29) is 18.0 Å². The molecule has 146 valence electrons. The molecule has 1 heterocycles. The molecule has 1 aromatic heterocycles. The summed E-state index contributed by atoms with van der Waals surface area (Å²) in [6.45, 7) is 0.695. The molecule has 0 atom stereocenters. The summed E-state index contributed by atoms with van der Waals surface area (Å²) in [4.78, 5) is 27.1. The van der Waals surface area contributed by atoms with Gasteiger partial charge in [0.15, 0.2) is 0 Å². The fraction of sp³-hybridized carbons (Fsp3) is 0.130. The maximum absolute atomic E-state index is 12.2. The predicted octanol–water partition coefficient (Wildman–Crippen LogP) is 3.95. The lowest BCUT2D eigenvalue weighted by atomic mass is 10.0. The summed E-state index contributed by atoms with van der Waals surface area (Å²) in [5.74, 6) is -0.183. The molecule has 6 heteroatoms. The van der Waals surface area contributed by atoms with Crippen LogP contribution in [0.3, 0.4) is 0 Å². The third-order valence-electron chi connectivity index (χ3n) is 4.76. The number of aromatic nitrogens is 2. The van der Waals surface area contributed by atoms with E-state index in [1.54, 1.807) is 28.8 Å². The molecule has 0 aliphatic heterocycles. The Bertz CT molecular complexity index is 1190. The molecule has 0 saturated heterocycles. The summed E-state index contributed by atoms with van der Waals surface area (Å²) in [5.41, 5.74) is 3.84. The molecule has 0 aliphatic rings. The van der Waals surface area contributed by atoms with E-state index < -0.39 is 5.97 Å². The predicted molar refractivity (Wildman–Crippen MR) is 111 cm³/mol. The number of esters is 1. The molecule has 0 aliphatic carbocycles. The van der Waals surface area contributed by atoms with E-state index in [1.165, 1.54) is 0 Å². The molecule has 0 unspecified atom stereocenters. The van der Waals surface area contributed by atoms with E-state index in [0.717, 1.165) is 22.2 Å². The van der Waals surface area contributed by atoms with Gasteiger partial charge < -0.3 is 14.8 Å². The molecule has 4 aromatic rings. The number of carbonyl (C=O) groups excluding carboxylic acids is 1. The zero-order valence-electron chi connectivity index (χ0n) is 15.7. The van der Waals surface area contributed by atoms with Crippen molar-refractivity contribution in [2.45, 2.75) is 13.0 Å². The number of phenolic OH excluding ortho intramolecular Hbond substituents is 1. The second-order valence-corrected chi connectivity index (χ2v) is 6.71. The van der Waals surface area contributed by atoms with E-state index in [1.807, 2.05) is 48.5 Å². The van der Waals surface area contributed by atoms with Crippen molar-refractivity contribution in [1.29, 1.82) is 0 Å². The Balaban J connectivity index is 1.33. The highest BCUT2D eigenvalue weighted by Gasteiger charge is 2.09. The summed E-state index contributed by atoms with van der Waals surface area (Å²) in [5, 5.41) is 9.37. The van der Waals surface area contributed by atoms with Gasteiger partial charge in [-0.3, -0.25) is 4.57 Å². The topological polar surface area (TPSA) is 84.3 Å². The van der Waals surface area contributed by atoms with Crippen molar-refractivity contribution < 1.29 is 14.6 Å². The number of rotatable bonds is 6. The number of hydrogen-bond acceptors (Lipinski definition) is 4. The molecule has 0 fully saturated rings. The highest BCUT2D eigenvalue weighted by atomic mass is 16.5. The molecule has 0 amide bonds. The number of phenols is 1. The van der Waals surface area contributed by atoms with Crippen LogP contribution in [0.4, 0.5) is 0 Å². The smallest absolute Gasteiger partial charge is 0.338 e. The SMILES string of the molecule is O=C(OCCCn1c(=O)[nH]c2ccccc21)c1ccc(-c2ccc(O)cc2)cc1. The van der Waals surface area contributed by atoms with Crippen LogP contribution in [-0.2, 0) is 11.3 Å². The minimum Gasteiger partial charge on any atom is -0.508 e. The van der Waals surface area contributed by atoms with Crippen molar-refractivity contribution in [3.8, 4) is 16.9 Å². The number of aryl methyl sites for hydroxylation is 1. The quantitative estimate of drug-likeness (QED) is 0.387. The normalized spacial score (nSPS) is 10.9. The summed E-state index contributed by atoms with van der Waals surface area (Å²) in [6, 6.07) is 21.5. The van der Waals surface area contributed by atoms with Gasteiger partial charge in [-0.25, -0.2) is 9.59 Å². The third-order valence-corrected chi connectivity index (χ3v) is 4.76. The van der Waals surface area contributed by atoms with Crippen molar-refractivity contribution in [2.75, 3.05) is 6.61 Å². The molecule has 0 spiro atoms. The number of H-pyrrole nitrogens is 1. The summed E-state index contributed by atoms with van der Waals surface area (Å²) in [6.07, 6.45) is 0.541. The lowest BCUT2D eigenvalue weighted by Gasteiger charge is -2.07. The number of hydrogen-bond donors (Lipinski definition) is 2. The molecule has 3 aromatic carbocycles. The summed E-state index contributed by atoms with van der Waals surface area (Å²) < 4.78 is 6.99. The lowest BCUT2D eigenvalue weighted by Crippen LogP contribution is -2.18. The van der Waals surface area contributed by atoms with E-state index in [2.05, 4.69) is 4.98 Å². The van der Waals surface area contributed by atoms with Crippen molar-refractivity contribution >= 4 is 17.0 Å². The van der Waals surface area contributed by atoms with Gasteiger partial charge in [-0.1, -0.05) is 36.4 Å². The van der Waals surface area contributed by atoms with Crippen LogP contribution in [0, 0.1) is 0 Å². The van der Waals surface area contributed by atoms with Crippen LogP contribution in [-0.4, -0.2) is 27.2 Å². The van der Waals surface area contributed by atoms with Gasteiger partial charge in [0.25, 0.3) is 0 Å². The lowest BCUT2D eigenvalue weighted by molar-refractivity contribution is 0.0496. The Kier molecular flexibility index (Phi) is 5.16. The number of nitrogens with one attached hydrogen (secondary N) is 1. The van der Waals surface area contributed by atoms with Gasteiger partial charge in [0.05, 0.1) is 23.2 Å². The van der Waals surface area contributed by atoms with Crippen LogP contribution < -0.4 is 5.69 Å². The van der Waals surface area contributed by atoms with Crippen molar-refractivity contribution in [3.05, 3.63) is 88.8 Å². The Morgan fingerprint density at radius 1 is 0.931 bits per heavy atom. The number of fused-ring (bicyclic) bond motifs is 1.